The number of carbonyl (C=O) groups excluding carboxylic acids is 6. The number of benzene rings is 6. The molecule has 6 aliphatic rings. The molecule has 32 heteroatoms. The van der Waals surface area contributed by atoms with Crippen LogP contribution in [0.4, 0.5) is 0 Å². The quantitative estimate of drug-likeness (QED) is 0.0485. The van der Waals surface area contributed by atoms with Gasteiger partial charge >= 0.3 is 29.8 Å². The number of esters is 5. The van der Waals surface area contributed by atoms with Crippen LogP contribution < -0.4 is 9.47 Å². The van der Waals surface area contributed by atoms with Crippen LogP contribution in [0.1, 0.15) is 81.6 Å². The fourth-order valence-electron chi connectivity index (χ4n) is 11.8. The Morgan fingerprint density at radius 3 is 1.68 bits per heavy atom. The van der Waals surface area contributed by atoms with Crippen molar-refractivity contribution in [2.45, 2.75) is 66.5 Å². The molecular weight excluding hydrogens is 1180 g/mol. The van der Waals surface area contributed by atoms with Gasteiger partial charge < -0.3 is 130 Å². The number of fused-ring (bicyclic) bond motifs is 6. The number of Topliss-reactive ketones (excluding diaryl/α,β-unsaturated/α-hetero) is 1. The minimum atomic E-state index is -4.44. The lowest BCUT2D eigenvalue weighted by molar-refractivity contribution is -0.324. The van der Waals surface area contributed by atoms with Crippen LogP contribution in [0.15, 0.2) is 65.7 Å². The molecule has 88 heavy (non-hydrogen) atoms. The van der Waals surface area contributed by atoms with Crippen LogP contribution in [0.25, 0.3) is 11.1 Å². The van der Waals surface area contributed by atoms with E-state index in [2.05, 4.69) is 0 Å². The van der Waals surface area contributed by atoms with E-state index >= 15 is 19.2 Å². The molecule has 6 aromatic carbocycles. The molecule has 0 saturated carbocycles. The van der Waals surface area contributed by atoms with Crippen LogP contribution in [-0.2, 0) is 39.7 Å². The van der Waals surface area contributed by atoms with Gasteiger partial charge in [0.2, 0.25) is 23.0 Å². The molecule has 5 aliphatic heterocycles. The van der Waals surface area contributed by atoms with Crippen molar-refractivity contribution >= 4 is 35.6 Å². The van der Waals surface area contributed by atoms with E-state index in [0.29, 0.717) is 30.3 Å². The highest BCUT2D eigenvalue weighted by atomic mass is 16.7. The largest absolute Gasteiger partial charge is 0.507 e. The third-order valence-electron chi connectivity index (χ3n) is 15.8. The monoisotopic (exact) mass is 1220 g/mol. The Hall–Kier alpha value is -11.5. The average molecular weight is 1220 g/mol. The summed E-state index contributed by atoms with van der Waals surface area (Å²) < 4.78 is 41.1. The SMILES string of the molecule is O=C1O[C@H]2[C@H]([C@@H]3OC(=O)c4cc(O)c(O)c(O)c4-c4c(cc(O)c(O)c4O)C(=O)OC[C@@H]3OC(=O)c3cc(O)c(O)c(O)c3)OC(=O)c3cc(O)c(O)c4c3[C@H]3C1=C(C(=O)C(O)(O)[C@@]3(O)O4)[C@H]2c1c(O)cc(O)c2c1O[C@@H](c1ccc(O)c(O)c1)[C@H](O)C2. The van der Waals surface area contributed by atoms with Crippen molar-refractivity contribution in [1.82, 2.24) is 0 Å². The third-order valence-corrected chi connectivity index (χ3v) is 15.8. The predicted molar refractivity (Wildman–Crippen MR) is 274 cm³/mol. The molecule has 0 aromatic heterocycles. The van der Waals surface area contributed by atoms with E-state index < -0.39 is 268 Å². The highest BCUT2D eigenvalue weighted by Gasteiger charge is 2.75. The van der Waals surface area contributed by atoms with Crippen LogP contribution in [0, 0.1) is 0 Å². The van der Waals surface area contributed by atoms with Gasteiger partial charge in [0, 0.05) is 45.9 Å². The average Bonchev–Trinajstić information content (AvgIpc) is 1.37. The number of phenols is 15. The van der Waals surface area contributed by atoms with Gasteiger partial charge in [-0.05, 0) is 48.0 Å². The Labute approximate surface area is 485 Å². The molecule has 32 nitrogen and oxygen atoms in total. The number of aromatic hydroxyl groups is 15. The van der Waals surface area contributed by atoms with Gasteiger partial charge in [-0.3, -0.25) is 4.79 Å². The lowest BCUT2D eigenvalue weighted by Gasteiger charge is -2.49. The first-order chi connectivity index (χ1) is 41.4. The molecule has 0 unspecified atom stereocenters. The molecular formula is C56H40O32. The van der Waals surface area contributed by atoms with Crippen molar-refractivity contribution in [2.75, 3.05) is 6.61 Å². The lowest BCUT2D eigenvalue weighted by atomic mass is 9.64. The number of ketones is 1. The molecule has 0 saturated heterocycles. The van der Waals surface area contributed by atoms with Gasteiger partial charge in [-0.25, -0.2) is 24.0 Å². The molecule has 12 rings (SSSR count). The van der Waals surface area contributed by atoms with Gasteiger partial charge in [0.15, 0.2) is 87.7 Å². The minimum absolute atomic E-state index is 0.167. The van der Waals surface area contributed by atoms with E-state index in [1.165, 1.54) is 0 Å². The molecule has 456 valence electrons. The number of carbonyl (C=O) groups is 6. The molecule has 6 aromatic rings. The molecule has 0 amide bonds. The van der Waals surface area contributed by atoms with Crippen molar-refractivity contribution in [3.8, 4) is 109 Å². The van der Waals surface area contributed by atoms with Gasteiger partial charge in [0.1, 0.15) is 30.0 Å². The second kappa shape index (κ2) is 19.3. The Bertz CT molecular complexity index is 4210. The summed E-state index contributed by atoms with van der Waals surface area (Å²) in [6.07, 6.45) is -16.0. The summed E-state index contributed by atoms with van der Waals surface area (Å²) in [6, 6.07) is 5.52. The van der Waals surface area contributed by atoms with E-state index in [1.54, 1.807) is 0 Å². The van der Waals surface area contributed by atoms with Gasteiger partial charge in [-0.2, -0.15) is 0 Å². The van der Waals surface area contributed by atoms with Crippen LogP contribution in [0.5, 0.6) is 97.7 Å². The number of rotatable bonds is 5. The highest BCUT2D eigenvalue weighted by molar-refractivity contribution is 6.14. The maximum atomic E-state index is 15.4. The first kappa shape index (κ1) is 57.0. The molecule has 2 bridgehead atoms. The van der Waals surface area contributed by atoms with Crippen LogP contribution >= 0.6 is 0 Å². The van der Waals surface area contributed by atoms with Gasteiger partial charge in [-0.1, -0.05) is 6.07 Å². The molecule has 9 atom stereocenters. The van der Waals surface area contributed by atoms with E-state index in [1.807, 2.05) is 0 Å². The van der Waals surface area contributed by atoms with Crippen molar-refractivity contribution < 1.29 is 159 Å². The maximum absolute atomic E-state index is 15.4. The molecule has 1 aliphatic carbocycles. The number of ether oxygens (including phenoxy) is 7. The third kappa shape index (κ3) is 7.99. The van der Waals surface area contributed by atoms with E-state index in [9.17, 15) is 107 Å². The number of hydrogen-bond donors (Lipinski definition) is 19. The Morgan fingerprint density at radius 1 is 0.500 bits per heavy atom. The maximum Gasteiger partial charge on any atom is 0.339 e. The summed E-state index contributed by atoms with van der Waals surface area (Å²) in [5.41, 5.74) is -12.2. The normalized spacial score (nSPS) is 24.8. The summed E-state index contributed by atoms with van der Waals surface area (Å²) >= 11 is 0. The number of cyclic esters (lactones) is 3. The van der Waals surface area contributed by atoms with E-state index in [4.69, 9.17) is 33.2 Å². The van der Waals surface area contributed by atoms with Gasteiger partial charge in [-0.15, -0.1) is 0 Å². The summed E-state index contributed by atoms with van der Waals surface area (Å²) in [5, 5.41) is 212. The minimum Gasteiger partial charge on any atom is -0.507 e. The summed E-state index contributed by atoms with van der Waals surface area (Å²) in [4.78, 5) is 90.4. The smallest absolute Gasteiger partial charge is 0.339 e. The molecule has 19 N–H and O–H groups in total. The molecule has 0 spiro atoms. The van der Waals surface area contributed by atoms with Crippen LogP contribution in [-0.4, -0.2) is 181 Å². The second-order valence-corrected chi connectivity index (χ2v) is 20.8. The fraction of sp³-hybridized carbons (Fsp3) is 0.214. The van der Waals surface area contributed by atoms with Crippen molar-refractivity contribution in [2.24, 2.45) is 0 Å². The zero-order valence-electron chi connectivity index (χ0n) is 43.5. The number of aliphatic hydroxyl groups excluding tert-OH is 1. The predicted octanol–water partition coefficient (Wildman–Crippen LogP) is 0.569. The number of aliphatic hydroxyl groups is 4. The van der Waals surface area contributed by atoms with Gasteiger partial charge in [0.05, 0.1) is 45.8 Å². The fourth-order valence-corrected chi connectivity index (χ4v) is 11.8. The zero-order chi connectivity index (χ0) is 63.6. The first-order valence-corrected chi connectivity index (χ1v) is 25.4. The van der Waals surface area contributed by atoms with Crippen molar-refractivity contribution in [1.29, 1.82) is 0 Å². The molecule has 5 heterocycles. The Balaban J connectivity index is 1.17. The van der Waals surface area contributed by atoms with Crippen LogP contribution in [0.3, 0.4) is 0 Å². The van der Waals surface area contributed by atoms with Crippen LogP contribution in [0.2, 0.25) is 0 Å². The standard InChI is InChI=1S/C56H40O32/c57-18-2-1-12(3-20(18)59)43-27(66)6-14-19(58)10-21(60)32(44(14)84-43)33-34-35-36-31-17(9-26(65)40(70)46(31)88-56(36,81)55(79,80)49(34)73)53(77)87-48(47(33)86-54(35)78)45-28(83-50(74)13-4-22(61)37(67)23(62)5-13)11-82-51(75)15-7-24(63)38(68)41(71)29(15)30-16(52(76)85-45)8-25(64)39(69)42(30)72/h1-5,7-10,27-28,33,36,43,45,47-48,57-72,79-81H,6,11H2/t27-,28+,33-,36+,43+,45-,47-,48+,56+/m1/s1. The van der Waals surface area contributed by atoms with E-state index in [-0.39, 0.29) is 11.6 Å². The first-order valence-electron chi connectivity index (χ1n) is 25.4. The Kier molecular flexibility index (Phi) is 12.5. The zero-order valence-corrected chi connectivity index (χ0v) is 43.5. The molecule has 0 radical (unpaired) electrons. The van der Waals surface area contributed by atoms with Crippen molar-refractivity contribution in [3.63, 3.8) is 0 Å². The number of phenolic OH excluding ortho intramolecular Hbond substituents is 15. The van der Waals surface area contributed by atoms with E-state index in [0.717, 1.165) is 18.2 Å². The number of hydrogen-bond acceptors (Lipinski definition) is 32. The summed E-state index contributed by atoms with van der Waals surface area (Å²) in [5.74, 6) is -46.4. The highest BCUT2D eigenvalue weighted by Crippen LogP contribution is 2.65. The Morgan fingerprint density at radius 2 is 1.06 bits per heavy atom. The summed E-state index contributed by atoms with van der Waals surface area (Å²) in [6.45, 7) is -1.65. The topological polar surface area (TPSA) is 551 Å². The molecule has 0 fully saturated rings. The lowest BCUT2D eigenvalue weighted by Crippen LogP contribution is -2.69. The summed E-state index contributed by atoms with van der Waals surface area (Å²) in [7, 11) is 0. The van der Waals surface area contributed by atoms with Gasteiger partial charge in [0.25, 0.3) is 11.6 Å². The second-order valence-electron chi connectivity index (χ2n) is 20.8. The van der Waals surface area contributed by atoms with Crippen molar-refractivity contribution in [3.05, 3.63) is 110 Å².